The van der Waals surface area contributed by atoms with Gasteiger partial charge < -0.3 is 15.7 Å². The van der Waals surface area contributed by atoms with Crippen LogP contribution in [0.1, 0.15) is 55.2 Å². The number of nitrogens with zero attached hydrogens (tertiary/aromatic N) is 1. The molecule has 3 N–H and O–H groups in total. The molecule has 1 aromatic heterocycles. The maximum Gasteiger partial charge on any atom is 0.191 e. The maximum atomic E-state index is 9.43. The number of guanidine groups is 1. The van der Waals surface area contributed by atoms with Crippen LogP contribution in [0.15, 0.2) is 17.1 Å². The summed E-state index contributed by atoms with van der Waals surface area (Å²) in [6.45, 7) is 7.00. The van der Waals surface area contributed by atoms with Crippen molar-refractivity contribution in [3.05, 3.63) is 21.9 Å². The Kier molecular flexibility index (Phi) is 7.37. The molecule has 1 aliphatic rings. The van der Waals surface area contributed by atoms with Crippen LogP contribution in [0.5, 0.6) is 0 Å². The van der Waals surface area contributed by atoms with Crippen LogP contribution in [0.3, 0.4) is 0 Å². The van der Waals surface area contributed by atoms with Crippen molar-refractivity contribution in [3.63, 3.8) is 0 Å². The molecule has 1 aromatic rings. The highest BCUT2D eigenvalue weighted by atomic mass is 32.1. The molecule has 1 fully saturated rings. The van der Waals surface area contributed by atoms with Gasteiger partial charge in [-0.1, -0.05) is 19.3 Å². The summed E-state index contributed by atoms with van der Waals surface area (Å²) < 4.78 is 0. The quantitative estimate of drug-likeness (QED) is 0.528. The summed E-state index contributed by atoms with van der Waals surface area (Å²) in [4.78, 5) is 7.34. The minimum absolute atomic E-state index is 0.239. The lowest BCUT2D eigenvalue weighted by atomic mass is 9.72. The highest BCUT2D eigenvalue weighted by Gasteiger charge is 2.31. The molecule has 0 aromatic carbocycles. The van der Waals surface area contributed by atoms with E-state index in [4.69, 9.17) is 4.99 Å². The first-order valence-electron chi connectivity index (χ1n) is 8.86. The summed E-state index contributed by atoms with van der Waals surface area (Å²) in [6.07, 6.45) is 7.21. The topological polar surface area (TPSA) is 56.7 Å². The SMILES string of the molecule is CCNC(=NCc1ccc(C)s1)NCC1(CCO)CCCCC1. The largest absolute Gasteiger partial charge is 0.396 e. The lowest BCUT2D eigenvalue weighted by Gasteiger charge is -2.37. The van der Waals surface area contributed by atoms with E-state index in [0.29, 0.717) is 0 Å². The van der Waals surface area contributed by atoms with E-state index >= 15 is 0 Å². The smallest absolute Gasteiger partial charge is 0.191 e. The number of hydrogen-bond donors (Lipinski definition) is 3. The van der Waals surface area contributed by atoms with Crippen molar-refractivity contribution >= 4 is 17.3 Å². The maximum absolute atomic E-state index is 9.43. The highest BCUT2D eigenvalue weighted by Crippen LogP contribution is 2.38. The Balaban J connectivity index is 1.94. The zero-order chi connectivity index (χ0) is 16.5. The Morgan fingerprint density at radius 1 is 1.26 bits per heavy atom. The molecule has 0 aliphatic heterocycles. The van der Waals surface area contributed by atoms with Crippen LogP contribution < -0.4 is 10.6 Å². The fourth-order valence-corrected chi connectivity index (χ4v) is 4.21. The Morgan fingerprint density at radius 2 is 2.04 bits per heavy atom. The van der Waals surface area contributed by atoms with Crippen molar-refractivity contribution in [1.82, 2.24) is 10.6 Å². The predicted molar refractivity (Wildman–Crippen MR) is 99.1 cm³/mol. The third-order valence-electron chi connectivity index (χ3n) is 4.72. The van der Waals surface area contributed by atoms with Crippen molar-refractivity contribution in [2.45, 2.75) is 58.9 Å². The molecule has 1 aliphatic carbocycles. The number of hydrogen-bond acceptors (Lipinski definition) is 3. The van der Waals surface area contributed by atoms with E-state index in [1.54, 1.807) is 11.3 Å². The van der Waals surface area contributed by atoms with Crippen LogP contribution in [0.2, 0.25) is 0 Å². The fourth-order valence-electron chi connectivity index (χ4n) is 3.39. The minimum Gasteiger partial charge on any atom is -0.396 e. The second-order valence-electron chi connectivity index (χ2n) is 6.60. The molecule has 0 atom stereocenters. The van der Waals surface area contributed by atoms with E-state index in [-0.39, 0.29) is 12.0 Å². The van der Waals surface area contributed by atoms with E-state index in [2.05, 4.69) is 36.6 Å². The van der Waals surface area contributed by atoms with Crippen molar-refractivity contribution in [2.75, 3.05) is 19.7 Å². The number of thiophene rings is 1. The summed E-state index contributed by atoms with van der Waals surface area (Å²) in [6, 6.07) is 4.30. The molecular weight excluding hydrogens is 306 g/mol. The van der Waals surface area contributed by atoms with Gasteiger partial charge in [-0.3, -0.25) is 0 Å². The molecule has 23 heavy (non-hydrogen) atoms. The molecule has 0 amide bonds. The van der Waals surface area contributed by atoms with Gasteiger partial charge in [0.05, 0.1) is 6.54 Å². The monoisotopic (exact) mass is 337 g/mol. The van der Waals surface area contributed by atoms with E-state index in [9.17, 15) is 5.11 Å². The molecular formula is C18H31N3OS. The Bertz CT molecular complexity index is 487. The molecule has 5 heteroatoms. The Hall–Kier alpha value is -1.07. The molecule has 0 saturated heterocycles. The number of aliphatic hydroxyl groups is 1. The predicted octanol–water partition coefficient (Wildman–Crippen LogP) is 3.44. The van der Waals surface area contributed by atoms with Crippen LogP contribution in [0.4, 0.5) is 0 Å². The lowest BCUT2D eigenvalue weighted by Crippen LogP contribution is -2.44. The van der Waals surface area contributed by atoms with E-state index < -0.39 is 0 Å². The van der Waals surface area contributed by atoms with Crippen LogP contribution in [0, 0.1) is 12.3 Å². The van der Waals surface area contributed by atoms with Crippen molar-refractivity contribution in [2.24, 2.45) is 10.4 Å². The number of aryl methyl sites for hydroxylation is 1. The van der Waals surface area contributed by atoms with Gasteiger partial charge in [0.1, 0.15) is 0 Å². The van der Waals surface area contributed by atoms with Gasteiger partial charge in [0.25, 0.3) is 0 Å². The number of nitrogens with one attached hydrogen (secondary N) is 2. The van der Waals surface area contributed by atoms with Gasteiger partial charge in [-0.25, -0.2) is 4.99 Å². The van der Waals surface area contributed by atoms with E-state index in [1.165, 1.54) is 41.9 Å². The first-order valence-corrected chi connectivity index (χ1v) is 9.67. The summed E-state index contributed by atoms with van der Waals surface area (Å²) in [7, 11) is 0. The zero-order valence-electron chi connectivity index (χ0n) is 14.5. The average molecular weight is 338 g/mol. The Labute approximate surface area is 144 Å². The number of aliphatic hydroxyl groups excluding tert-OH is 1. The summed E-state index contributed by atoms with van der Waals surface area (Å²) in [5.41, 5.74) is 0.239. The van der Waals surface area contributed by atoms with Crippen LogP contribution >= 0.6 is 11.3 Å². The molecule has 130 valence electrons. The van der Waals surface area contributed by atoms with E-state index in [0.717, 1.165) is 32.0 Å². The standard InChI is InChI=1S/C18H31N3OS/c1-3-19-17(20-13-16-8-7-15(2)23-16)21-14-18(11-12-22)9-5-4-6-10-18/h7-8,22H,3-6,9-14H2,1-2H3,(H2,19,20,21). The normalized spacial score (nSPS) is 18.0. The van der Waals surface area contributed by atoms with Gasteiger partial charge >= 0.3 is 0 Å². The van der Waals surface area contributed by atoms with Crippen LogP contribution in [-0.2, 0) is 6.54 Å². The number of aliphatic imine (C=N–C) groups is 1. The third kappa shape index (κ3) is 5.81. The van der Waals surface area contributed by atoms with Gasteiger partial charge in [-0.15, -0.1) is 11.3 Å². The van der Waals surface area contributed by atoms with Gasteiger partial charge in [-0.2, -0.15) is 0 Å². The molecule has 0 unspecified atom stereocenters. The minimum atomic E-state index is 0.239. The second kappa shape index (κ2) is 9.28. The third-order valence-corrected chi connectivity index (χ3v) is 5.71. The lowest BCUT2D eigenvalue weighted by molar-refractivity contribution is 0.131. The fraction of sp³-hybridized carbons (Fsp3) is 0.722. The van der Waals surface area contributed by atoms with Crippen molar-refractivity contribution < 1.29 is 5.11 Å². The van der Waals surface area contributed by atoms with E-state index in [1.807, 2.05) is 0 Å². The Morgan fingerprint density at radius 3 is 2.65 bits per heavy atom. The number of rotatable bonds is 7. The van der Waals surface area contributed by atoms with Crippen LogP contribution in [-0.4, -0.2) is 30.8 Å². The molecule has 0 spiro atoms. The zero-order valence-corrected chi connectivity index (χ0v) is 15.3. The highest BCUT2D eigenvalue weighted by molar-refractivity contribution is 7.11. The summed E-state index contributed by atoms with van der Waals surface area (Å²) in [5.74, 6) is 0.890. The molecule has 0 bridgehead atoms. The summed E-state index contributed by atoms with van der Waals surface area (Å²) in [5, 5.41) is 16.3. The van der Waals surface area contributed by atoms with Gasteiger partial charge in [0.2, 0.25) is 0 Å². The molecule has 1 saturated carbocycles. The van der Waals surface area contributed by atoms with Crippen molar-refractivity contribution in [3.8, 4) is 0 Å². The molecule has 2 rings (SSSR count). The second-order valence-corrected chi connectivity index (χ2v) is 7.97. The van der Waals surface area contributed by atoms with Gasteiger partial charge in [0, 0.05) is 29.5 Å². The van der Waals surface area contributed by atoms with Crippen molar-refractivity contribution in [1.29, 1.82) is 0 Å². The van der Waals surface area contributed by atoms with Gasteiger partial charge in [0.15, 0.2) is 5.96 Å². The molecule has 0 radical (unpaired) electrons. The molecule has 4 nitrogen and oxygen atoms in total. The average Bonchev–Trinajstić information content (AvgIpc) is 2.97. The van der Waals surface area contributed by atoms with Gasteiger partial charge in [-0.05, 0) is 50.7 Å². The van der Waals surface area contributed by atoms with Crippen LogP contribution in [0.25, 0.3) is 0 Å². The molecule has 1 heterocycles. The first kappa shape index (κ1) is 18.3. The first-order chi connectivity index (χ1) is 11.2. The summed E-state index contributed by atoms with van der Waals surface area (Å²) >= 11 is 1.81.